The van der Waals surface area contributed by atoms with E-state index in [1.807, 2.05) is 25.3 Å². The summed E-state index contributed by atoms with van der Waals surface area (Å²) >= 11 is 0. The Kier molecular flexibility index (Phi) is 2.11. The molecule has 0 amide bonds. The van der Waals surface area contributed by atoms with Crippen molar-refractivity contribution in [3.8, 4) is 11.5 Å². The van der Waals surface area contributed by atoms with Gasteiger partial charge in [0, 0.05) is 11.6 Å². The van der Waals surface area contributed by atoms with Gasteiger partial charge >= 0.3 is 0 Å². The van der Waals surface area contributed by atoms with Crippen molar-refractivity contribution in [2.24, 2.45) is 0 Å². The van der Waals surface area contributed by atoms with Crippen LogP contribution in [0.25, 0.3) is 27.6 Å². The molecule has 0 radical (unpaired) electrons. The van der Waals surface area contributed by atoms with Crippen molar-refractivity contribution in [2.75, 3.05) is 0 Å². The van der Waals surface area contributed by atoms with Gasteiger partial charge in [0.1, 0.15) is 16.8 Å². The molecule has 4 rings (SSSR count). The molecule has 0 aliphatic rings. The van der Waals surface area contributed by atoms with Gasteiger partial charge in [-0.05, 0) is 30.7 Å². The van der Waals surface area contributed by atoms with Crippen LogP contribution in [0.5, 0.6) is 11.5 Å². The van der Waals surface area contributed by atoms with E-state index in [0.29, 0.717) is 21.9 Å². The van der Waals surface area contributed by atoms with Gasteiger partial charge in [0.2, 0.25) is 0 Å². The van der Waals surface area contributed by atoms with Crippen molar-refractivity contribution in [1.29, 1.82) is 0 Å². The molecule has 21 heavy (non-hydrogen) atoms. The molecule has 0 bridgehead atoms. The third-order valence-corrected chi connectivity index (χ3v) is 3.69. The summed E-state index contributed by atoms with van der Waals surface area (Å²) < 4.78 is 1.80. The van der Waals surface area contributed by atoms with Gasteiger partial charge < -0.3 is 15.2 Å². The maximum atomic E-state index is 12.2. The maximum absolute atomic E-state index is 12.2. The number of aryl methyl sites for hydroxylation is 1. The number of phenolic OH excluding ortho intramolecular Hbond substituents is 2. The minimum absolute atomic E-state index is 0.275. The van der Waals surface area contributed by atoms with Gasteiger partial charge in [0.15, 0.2) is 11.5 Å². The van der Waals surface area contributed by atoms with E-state index in [0.717, 1.165) is 11.2 Å². The van der Waals surface area contributed by atoms with Crippen LogP contribution in [0.4, 0.5) is 0 Å². The highest BCUT2D eigenvalue weighted by Gasteiger charge is 2.14. The van der Waals surface area contributed by atoms with Gasteiger partial charge in [0.05, 0.1) is 5.39 Å². The number of imidazole rings is 1. The molecule has 0 aliphatic heterocycles. The molecule has 104 valence electrons. The lowest BCUT2D eigenvalue weighted by Gasteiger charge is -2.02. The highest BCUT2D eigenvalue weighted by molar-refractivity contribution is 6.04. The van der Waals surface area contributed by atoms with Crippen molar-refractivity contribution < 1.29 is 10.2 Å². The van der Waals surface area contributed by atoms with E-state index in [1.165, 1.54) is 12.1 Å². The summed E-state index contributed by atoms with van der Waals surface area (Å²) in [6, 6.07) is 6.43. The summed E-state index contributed by atoms with van der Waals surface area (Å²) in [5.74, 6) is -0.601. The number of pyridine rings is 2. The molecule has 0 saturated carbocycles. The average Bonchev–Trinajstić information content (AvgIpc) is 2.82. The van der Waals surface area contributed by atoms with E-state index in [9.17, 15) is 15.0 Å². The van der Waals surface area contributed by atoms with Crippen molar-refractivity contribution >= 4 is 27.6 Å². The summed E-state index contributed by atoms with van der Waals surface area (Å²) in [5, 5.41) is 20.1. The Morgan fingerprint density at radius 3 is 2.67 bits per heavy atom. The van der Waals surface area contributed by atoms with Crippen molar-refractivity contribution in [3.05, 3.63) is 46.4 Å². The number of H-pyrrole nitrogens is 1. The number of fused-ring (bicyclic) bond motifs is 5. The Morgan fingerprint density at radius 1 is 1.19 bits per heavy atom. The van der Waals surface area contributed by atoms with Crippen LogP contribution in [-0.4, -0.2) is 24.6 Å². The van der Waals surface area contributed by atoms with Crippen molar-refractivity contribution in [2.45, 2.75) is 6.92 Å². The Labute approximate surface area is 117 Å². The monoisotopic (exact) mass is 281 g/mol. The van der Waals surface area contributed by atoms with Crippen LogP contribution in [0.3, 0.4) is 0 Å². The number of aromatic amines is 1. The third-order valence-electron chi connectivity index (χ3n) is 3.69. The highest BCUT2D eigenvalue weighted by Crippen LogP contribution is 2.32. The van der Waals surface area contributed by atoms with Gasteiger partial charge in [0.25, 0.3) is 5.56 Å². The zero-order valence-corrected chi connectivity index (χ0v) is 11.1. The highest BCUT2D eigenvalue weighted by atomic mass is 16.3. The van der Waals surface area contributed by atoms with Crippen LogP contribution in [0, 0.1) is 6.92 Å². The molecule has 0 fully saturated rings. The Morgan fingerprint density at radius 2 is 1.90 bits per heavy atom. The van der Waals surface area contributed by atoms with E-state index >= 15 is 0 Å². The standard InChI is InChI=1S/C15H11N3O3/c1-7-3-2-4-18-13(7)16-12-8-5-10(19)11(20)6-9(8)15(21)17-14(12)18/h2-6,19-20H,1H3,(H,17,21). The molecule has 0 saturated heterocycles. The second-order valence-electron chi connectivity index (χ2n) is 5.03. The lowest BCUT2D eigenvalue weighted by molar-refractivity contribution is 0.405. The Balaban J connectivity index is 2.35. The number of nitrogens with zero attached hydrogens (tertiary/aromatic N) is 2. The number of aromatic hydroxyl groups is 2. The summed E-state index contributed by atoms with van der Waals surface area (Å²) in [6.07, 6.45) is 1.82. The second-order valence-corrected chi connectivity index (χ2v) is 5.03. The first-order valence-electron chi connectivity index (χ1n) is 6.41. The molecule has 0 atom stereocenters. The Bertz CT molecular complexity index is 1090. The fourth-order valence-electron chi connectivity index (χ4n) is 2.65. The van der Waals surface area contributed by atoms with E-state index in [-0.39, 0.29) is 17.1 Å². The van der Waals surface area contributed by atoms with E-state index in [2.05, 4.69) is 9.97 Å². The van der Waals surface area contributed by atoms with Gasteiger partial charge in [-0.3, -0.25) is 9.20 Å². The normalized spacial score (nSPS) is 11.7. The predicted molar refractivity (Wildman–Crippen MR) is 78.9 cm³/mol. The largest absolute Gasteiger partial charge is 0.504 e. The molecule has 6 nitrogen and oxygen atoms in total. The van der Waals surface area contributed by atoms with Gasteiger partial charge in [-0.2, -0.15) is 0 Å². The number of phenols is 2. The van der Waals surface area contributed by atoms with Crippen LogP contribution < -0.4 is 5.56 Å². The number of hydrogen-bond acceptors (Lipinski definition) is 4. The van der Waals surface area contributed by atoms with Crippen molar-refractivity contribution in [1.82, 2.24) is 14.4 Å². The molecule has 6 heteroatoms. The van der Waals surface area contributed by atoms with E-state index in [1.54, 1.807) is 4.40 Å². The number of benzene rings is 1. The molecule has 3 N–H and O–H groups in total. The first kappa shape index (κ1) is 11.8. The maximum Gasteiger partial charge on any atom is 0.257 e. The molecule has 0 aliphatic carbocycles. The fraction of sp³-hybridized carbons (Fsp3) is 0.0667. The molecular weight excluding hydrogens is 270 g/mol. The SMILES string of the molecule is Cc1cccn2c1nc1c3cc(O)c(O)cc3c(=O)[nH]c12. The van der Waals surface area contributed by atoms with E-state index < -0.39 is 0 Å². The van der Waals surface area contributed by atoms with Crippen LogP contribution in [0.1, 0.15) is 5.56 Å². The third kappa shape index (κ3) is 1.47. The van der Waals surface area contributed by atoms with Gasteiger partial charge in [-0.1, -0.05) is 6.07 Å². The average molecular weight is 281 g/mol. The van der Waals surface area contributed by atoms with Gasteiger partial charge in [-0.25, -0.2) is 4.98 Å². The summed E-state index contributed by atoms with van der Waals surface area (Å²) in [5.41, 5.74) is 2.52. The smallest absolute Gasteiger partial charge is 0.257 e. The van der Waals surface area contributed by atoms with Crippen LogP contribution in [0.15, 0.2) is 35.3 Å². The van der Waals surface area contributed by atoms with Crippen LogP contribution >= 0.6 is 0 Å². The number of rotatable bonds is 0. The second kappa shape index (κ2) is 3.76. The summed E-state index contributed by atoms with van der Waals surface area (Å²) in [4.78, 5) is 19.5. The molecule has 3 aromatic heterocycles. The predicted octanol–water partition coefficient (Wildman–Crippen LogP) is 2.05. The molecule has 3 heterocycles. The minimum atomic E-state index is -0.337. The zero-order valence-electron chi connectivity index (χ0n) is 11.1. The molecular formula is C15H11N3O3. The molecule has 4 aromatic rings. The summed E-state index contributed by atoms with van der Waals surface area (Å²) in [7, 11) is 0. The summed E-state index contributed by atoms with van der Waals surface area (Å²) in [6.45, 7) is 1.94. The Hall–Kier alpha value is -3.02. The number of aromatic nitrogens is 3. The van der Waals surface area contributed by atoms with Gasteiger partial charge in [-0.15, -0.1) is 0 Å². The lowest BCUT2D eigenvalue weighted by Crippen LogP contribution is -2.07. The zero-order chi connectivity index (χ0) is 14.7. The van der Waals surface area contributed by atoms with Crippen LogP contribution in [-0.2, 0) is 0 Å². The topological polar surface area (TPSA) is 90.6 Å². The number of hydrogen-bond donors (Lipinski definition) is 3. The molecule has 0 spiro atoms. The molecule has 0 unspecified atom stereocenters. The quantitative estimate of drug-likeness (QED) is 0.430. The van der Waals surface area contributed by atoms with Crippen LogP contribution in [0.2, 0.25) is 0 Å². The fourth-order valence-corrected chi connectivity index (χ4v) is 2.65. The minimum Gasteiger partial charge on any atom is -0.504 e. The lowest BCUT2D eigenvalue weighted by atomic mass is 10.1. The van der Waals surface area contributed by atoms with Crippen molar-refractivity contribution in [3.63, 3.8) is 0 Å². The number of nitrogens with one attached hydrogen (secondary N) is 1. The first-order chi connectivity index (χ1) is 10.1. The van der Waals surface area contributed by atoms with E-state index in [4.69, 9.17) is 0 Å². The first-order valence-corrected chi connectivity index (χ1v) is 6.41. The molecule has 1 aromatic carbocycles.